The third-order valence-electron chi connectivity index (χ3n) is 10.5. The molecule has 5 atom stereocenters. The highest BCUT2D eigenvalue weighted by Crippen LogP contribution is 2.69. The van der Waals surface area contributed by atoms with E-state index in [9.17, 15) is 9.59 Å². The zero-order chi connectivity index (χ0) is 25.8. The number of hydrogen-bond donors (Lipinski definition) is 0. The van der Waals surface area contributed by atoms with Crippen molar-refractivity contribution in [3.05, 3.63) is 52.6 Å². The molecule has 0 spiro atoms. The normalized spacial score (nSPS) is 35.1. The van der Waals surface area contributed by atoms with Crippen molar-refractivity contribution >= 4 is 17.3 Å². The topological polar surface area (TPSA) is 46.6 Å². The molecule has 6 rings (SSSR count). The number of ketones is 2. The first-order valence-electron chi connectivity index (χ1n) is 14.2. The molecule has 5 aliphatic rings. The van der Waals surface area contributed by atoms with Crippen molar-refractivity contribution in [2.45, 2.75) is 71.6 Å². The summed E-state index contributed by atoms with van der Waals surface area (Å²) < 4.78 is 5.55. The molecule has 0 aromatic heterocycles. The molecule has 3 fully saturated rings. The van der Waals surface area contributed by atoms with Crippen molar-refractivity contribution < 1.29 is 14.3 Å². The van der Waals surface area contributed by atoms with Crippen LogP contribution in [-0.4, -0.2) is 37.9 Å². The van der Waals surface area contributed by atoms with E-state index in [2.05, 4.69) is 47.9 Å². The molecule has 0 amide bonds. The van der Waals surface area contributed by atoms with Crippen LogP contribution in [0.25, 0.3) is 0 Å². The molecule has 194 valence electrons. The van der Waals surface area contributed by atoms with Gasteiger partial charge in [0.05, 0.1) is 18.6 Å². The first-order chi connectivity index (χ1) is 17.9. The Labute approximate surface area is 221 Å². The van der Waals surface area contributed by atoms with E-state index < -0.39 is 5.41 Å². The number of anilines is 1. The second-order valence-electron chi connectivity index (χ2n) is 12.1. The highest BCUT2D eigenvalue weighted by Gasteiger charge is 2.64. The molecule has 4 nitrogen and oxygen atoms in total. The summed E-state index contributed by atoms with van der Waals surface area (Å²) in [6.45, 7) is 9.45. The maximum atomic E-state index is 13.3. The van der Waals surface area contributed by atoms with Gasteiger partial charge in [0.2, 0.25) is 0 Å². The SMILES string of the molecule is CC#C[C@]1(C(C)=O)CC[C@H]2[C@@H]3CCC4=CC(=O)CCC4=C3[C@@H](c3ccc(N4CCOCC4)cc3)C[C@@]21C. The molecule has 0 radical (unpaired) electrons. The Morgan fingerprint density at radius 2 is 1.84 bits per heavy atom. The lowest BCUT2D eigenvalue weighted by Crippen LogP contribution is -2.50. The Hall–Kier alpha value is -2.64. The van der Waals surface area contributed by atoms with Crippen molar-refractivity contribution in [3.8, 4) is 11.8 Å². The minimum absolute atomic E-state index is 0.157. The highest BCUT2D eigenvalue weighted by molar-refractivity contribution is 5.93. The van der Waals surface area contributed by atoms with Gasteiger partial charge in [-0.15, -0.1) is 5.92 Å². The lowest BCUT2D eigenvalue weighted by molar-refractivity contribution is -0.130. The summed E-state index contributed by atoms with van der Waals surface area (Å²) in [6, 6.07) is 9.20. The molecule has 1 aliphatic heterocycles. The van der Waals surface area contributed by atoms with Crippen molar-refractivity contribution in [1.82, 2.24) is 0 Å². The zero-order valence-corrected chi connectivity index (χ0v) is 22.6. The fraction of sp³-hybridized carbons (Fsp3) is 0.576. The summed E-state index contributed by atoms with van der Waals surface area (Å²) in [5, 5.41) is 0. The van der Waals surface area contributed by atoms with Crippen molar-refractivity contribution in [1.29, 1.82) is 0 Å². The smallest absolute Gasteiger partial charge is 0.156 e. The number of fused-ring (bicyclic) bond motifs is 4. The standard InChI is InChI=1S/C33H39NO3/c1-4-14-33(22(2)35)15-13-30-28-11-7-24-20-26(36)10-12-27(24)31(28)29(21-32(30,33)3)23-5-8-25(9-6-23)34-16-18-37-19-17-34/h5-6,8-9,20,28-30H,7,10-13,15-19,21H2,1-3H3/t28-,29+,30-,32-,33+/m0/s1. The molecule has 4 heteroatoms. The number of hydrogen-bond acceptors (Lipinski definition) is 4. The van der Waals surface area contributed by atoms with Gasteiger partial charge in [0.1, 0.15) is 5.78 Å². The van der Waals surface area contributed by atoms with Gasteiger partial charge < -0.3 is 9.64 Å². The number of carbonyl (C=O) groups excluding carboxylic acids is 2. The van der Waals surface area contributed by atoms with Crippen molar-refractivity contribution in [2.24, 2.45) is 22.7 Å². The quantitative estimate of drug-likeness (QED) is 0.479. The van der Waals surface area contributed by atoms with E-state index in [-0.39, 0.29) is 22.9 Å². The van der Waals surface area contributed by atoms with Crippen LogP contribution in [0.15, 0.2) is 47.1 Å². The molecule has 0 N–H and O–H groups in total. The fourth-order valence-corrected chi connectivity index (χ4v) is 8.81. The highest BCUT2D eigenvalue weighted by atomic mass is 16.5. The van der Waals surface area contributed by atoms with Crippen LogP contribution >= 0.6 is 0 Å². The molecule has 1 heterocycles. The van der Waals surface area contributed by atoms with E-state index in [4.69, 9.17) is 4.74 Å². The summed E-state index contributed by atoms with van der Waals surface area (Å²) in [4.78, 5) is 28.0. The van der Waals surface area contributed by atoms with E-state index in [1.54, 1.807) is 12.5 Å². The van der Waals surface area contributed by atoms with Crippen LogP contribution in [0.4, 0.5) is 5.69 Å². The Bertz CT molecular complexity index is 1240. The predicted molar refractivity (Wildman–Crippen MR) is 146 cm³/mol. The van der Waals surface area contributed by atoms with Gasteiger partial charge in [0.15, 0.2) is 5.78 Å². The number of nitrogens with zero attached hydrogens (tertiary/aromatic N) is 1. The van der Waals surface area contributed by atoms with Gasteiger partial charge in [0, 0.05) is 31.1 Å². The van der Waals surface area contributed by atoms with Gasteiger partial charge in [-0.25, -0.2) is 0 Å². The van der Waals surface area contributed by atoms with Gasteiger partial charge in [-0.1, -0.05) is 30.6 Å². The minimum atomic E-state index is -0.562. The third kappa shape index (κ3) is 3.76. The Kier molecular flexibility index (Phi) is 6.19. The number of ether oxygens (including phenoxy) is 1. The average molecular weight is 498 g/mol. The maximum Gasteiger partial charge on any atom is 0.156 e. The second kappa shape index (κ2) is 9.28. The number of rotatable bonds is 3. The van der Waals surface area contributed by atoms with Gasteiger partial charge in [0.25, 0.3) is 0 Å². The monoisotopic (exact) mass is 497 g/mol. The van der Waals surface area contributed by atoms with Crippen LogP contribution < -0.4 is 4.90 Å². The van der Waals surface area contributed by atoms with Crippen LogP contribution in [0.3, 0.4) is 0 Å². The first kappa shape index (κ1) is 24.7. The lowest BCUT2D eigenvalue weighted by atomic mass is 9.48. The zero-order valence-electron chi connectivity index (χ0n) is 22.6. The molecule has 1 aromatic carbocycles. The van der Waals surface area contributed by atoms with Crippen LogP contribution in [0.1, 0.15) is 77.2 Å². The molecule has 0 bridgehead atoms. The second-order valence-corrected chi connectivity index (χ2v) is 12.1. The first-order valence-corrected chi connectivity index (χ1v) is 14.2. The number of allylic oxidation sites excluding steroid dienone is 4. The van der Waals surface area contributed by atoms with E-state index in [1.807, 2.05) is 13.0 Å². The maximum absolute atomic E-state index is 13.3. The number of morpholine rings is 1. The van der Waals surface area contributed by atoms with Gasteiger partial charge in [-0.2, -0.15) is 0 Å². The fourth-order valence-electron chi connectivity index (χ4n) is 8.81. The Morgan fingerprint density at radius 3 is 2.54 bits per heavy atom. The van der Waals surface area contributed by atoms with E-state index in [1.165, 1.54) is 22.4 Å². The van der Waals surface area contributed by atoms with E-state index >= 15 is 0 Å². The number of Topliss-reactive ketones (excluding diaryl/α,β-unsaturated/α-hetero) is 1. The predicted octanol–water partition coefficient (Wildman–Crippen LogP) is 6.02. The molecular formula is C33H39NO3. The van der Waals surface area contributed by atoms with Crippen LogP contribution in [0.5, 0.6) is 0 Å². The number of benzene rings is 1. The molecule has 1 saturated heterocycles. The molecule has 1 aromatic rings. The van der Waals surface area contributed by atoms with Crippen LogP contribution in [-0.2, 0) is 14.3 Å². The molecule has 37 heavy (non-hydrogen) atoms. The van der Waals surface area contributed by atoms with E-state index in [0.717, 1.165) is 64.8 Å². The molecule has 2 saturated carbocycles. The van der Waals surface area contributed by atoms with Gasteiger partial charge >= 0.3 is 0 Å². The summed E-state index contributed by atoms with van der Waals surface area (Å²) in [6.07, 6.45) is 8.36. The van der Waals surface area contributed by atoms with Crippen LogP contribution in [0, 0.1) is 34.5 Å². The average Bonchev–Trinajstić information content (AvgIpc) is 3.21. The Balaban J connectivity index is 1.47. The summed E-state index contributed by atoms with van der Waals surface area (Å²) >= 11 is 0. The van der Waals surface area contributed by atoms with Crippen molar-refractivity contribution in [2.75, 3.05) is 31.2 Å². The Morgan fingerprint density at radius 1 is 1.08 bits per heavy atom. The molecule has 4 aliphatic carbocycles. The number of carbonyl (C=O) groups is 2. The third-order valence-corrected chi connectivity index (χ3v) is 10.5. The summed E-state index contributed by atoms with van der Waals surface area (Å²) in [5.41, 5.74) is 6.20. The molecular weight excluding hydrogens is 458 g/mol. The lowest BCUT2D eigenvalue weighted by Gasteiger charge is -2.54. The summed E-state index contributed by atoms with van der Waals surface area (Å²) in [5.74, 6) is 8.35. The van der Waals surface area contributed by atoms with E-state index in [0.29, 0.717) is 18.3 Å². The van der Waals surface area contributed by atoms with Crippen molar-refractivity contribution in [3.63, 3.8) is 0 Å². The van der Waals surface area contributed by atoms with Crippen LogP contribution in [0.2, 0.25) is 0 Å². The summed E-state index contributed by atoms with van der Waals surface area (Å²) in [7, 11) is 0. The minimum Gasteiger partial charge on any atom is -0.378 e. The largest absolute Gasteiger partial charge is 0.378 e. The van der Waals surface area contributed by atoms with Gasteiger partial charge in [-0.05, 0) is 105 Å². The molecule has 0 unspecified atom stereocenters. The van der Waals surface area contributed by atoms with Gasteiger partial charge in [-0.3, -0.25) is 9.59 Å².